The van der Waals surface area contributed by atoms with E-state index in [0.29, 0.717) is 0 Å². The molecule has 0 bridgehead atoms. The van der Waals surface area contributed by atoms with Gasteiger partial charge < -0.3 is 15.5 Å². The van der Waals surface area contributed by atoms with E-state index in [9.17, 15) is 4.79 Å². The lowest BCUT2D eigenvalue weighted by Crippen LogP contribution is -2.52. The van der Waals surface area contributed by atoms with Gasteiger partial charge in [-0.05, 0) is 31.5 Å². The molecule has 2 N–H and O–H groups in total. The number of benzene rings is 1. The minimum atomic E-state index is 0.170. The van der Waals surface area contributed by atoms with E-state index in [4.69, 9.17) is 5.73 Å². The van der Waals surface area contributed by atoms with Crippen molar-refractivity contribution >= 4 is 11.7 Å². The summed E-state index contributed by atoms with van der Waals surface area (Å²) in [5, 5.41) is 0. The van der Waals surface area contributed by atoms with E-state index in [1.54, 1.807) is 0 Å². The van der Waals surface area contributed by atoms with Crippen molar-refractivity contribution < 1.29 is 4.79 Å². The topological polar surface area (TPSA) is 52.8 Å². The number of carbonyl (C=O) groups excluding carboxylic acids is 1. The molecule has 1 saturated heterocycles. The molecular weight excluding hydrogens is 264 g/mol. The maximum atomic E-state index is 12.3. The molecule has 21 heavy (non-hydrogen) atoms. The lowest BCUT2D eigenvalue weighted by molar-refractivity contribution is 0.112. The van der Waals surface area contributed by atoms with Crippen LogP contribution in [0.4, 0.5) is 10.5 Å². The van der Waals surface area contributed by atoms with Crippen molar-refractivity contribution in [3.63, 3.8) is 0 Å². The summed E-state index contributed by atoms with van der Waals surface area (Å²) in [6.45, 7) is 9.95. The van der Waals surface area contributed by atoms with Gasteiger partial charge in [0.05, 0.1) is 0 Å². The van der Waals surface area contributed by atoms with Crippen LogP contribution in [0.1, 0.15) is 19.4 Å². The van der Waals surface area contributed by atoms with Crippen LogP contribution in [-0.4, -0.2) is 60.0 Å². The molecule has 0 atom stereocenters. The number of carbonyl (C=O) groups is 1. The molecule has 0 aromatic heterocycles. The quantitative estimate of drug-likeness (QED) is 0.861. The minimum absolute atomic E-state index is 0.170. The highest BCUT2D eigenvalue weighted by molar-refractivity contribution is 5.74. The molecular formula is C16H26N4O. The number of urea groups is 1. The van der Waals surface area contributed by atoms with Crippen molar-refractivity contribution in [1.82, 2.24) is 14.7 Å². The maximum Gasteiger partial charge on any atom is 0.320 e. The van der Waals surface area contributed by atoms with Crippen molar-refractivity contribution in [2.45, 2.75) is 20.4 Å². The van der Waals surface area contributed by atoms with E-state index in [2.05, 4.69) is 11.0 Å². The third kappa shape index (κ3) is 4.11. The van der Waals surface area contributed by atoms with Gasteiger partial charge in [-0.2, -0.15) is 0 Å². The molecule has 0 unspecified atom stereocenters. The summed E-state index contributed by atoms with van der Waals surface area (Å²) in [5.74, 6) is 0. The average molecular weight is 290 g/mol. The van der Waals surface area contributed by atoms with Crippen LogP contribution in [0.2, 0.25) is 0 Å². The predicted molar refractivity (Wildman–Crippen MR) is 86.0 cm³/mol. The van der Waals surface area contributed by atoms with Gasteiger partial charge in [0.2, 0.25) is 0 Å². The first-order chi connectivity index (χ1) is 10.1. The number of nitrogens with two attached hydrogens (primary N) is 1. The second kappa shape index (κ2) is 7.31. The summed E-state index contributed by atoms with van der Waals surface area (Å²) in [4.78, 5) is 18.5. The summed E-state index contributed by atoms with van der Waals surface area (Å²) in [6, 6.07) is 8.19. The van der Waals surface area contributed by atoms with Crippen LogP contribution in [0.25, 0.3) is 0 Å². The highest BCUT2D eigenvalue weighted by Crippen LogP contribution is 2.12. The number of nitrogen functional groups attached to an aromatic ring is 1. The van der Waals surface area contributed by atoms with Crippen LogP contribution in [0.15, 0.2) is 24.3 Å². The molecule has 1 aliphatic rings. The summed E-state index contributed by atoms with van der Waals surface area (Å²) in [6.07, 6.45) is 0. The van der Waals surface area contributed by atoms with Gasteiger partial charge in [-0.1, -0.05) is 12.1 Å². The molecule has 1 heterocycles. The second-order valence-corrected chi connectivity index (χ2v) is 5.46. The highest BCUT2D eigenvalue weighted by atomic mass is 16.2. The Balaban J connectivity index is 1.84. The first kappa shape index (κ1) is 15.6. The Morgan fingerprint density at radius 2 is 1.86 bits per heavy atom. The van der Waals surface area contributed by atoms with Crippen molar-refractivity contribution in [1.29, 1.82) is 0 Å². The number of hydrogen-bond donors (Lipinski definition) is 1. The van der Waals surface area contributed by atoms with E-state index in [-0.39, 0.29) is 6.03 Å². The van der Waals surface area contributed by atoms with Gasteiger partial charge in [0.15, 0.2) is 0 Å². The second-order valence-electron chi connectivity index (χ2n) is 5.46. The molecule has 116 valence electrons. The highest BCUT2D eigenvalue weighted by Gasteiger charge is 2.23. The number of nitrogens with zero attached hydrogens (tertiary/aromatic N) is 3. The third-order valence-electron chi connectivity index (χ3n) is 4.03. The van der Waals surface area contributed by atoms with Crippen LogP contribution in [0.5, 0.6) is 0 Å². The monoisotopic (exact) mass is 290 g/mol. The van der Waals surface area contributed by atoms with E-state index in [1.165, 1.54) is 5.56 Å². The van der Waals surface area contributed by atoms with Crippen LogP contribution < -0.4 is 5.73 Å². The summed E-state index contributed by atoms with van der Waals surface area (Å²) < 4.78 is 0. The molecule has 0 saturated carbocycles. The summed E-state index contributed by atoms with van der Waals surface area (Å²) in [7, 11) is 0. The molecule has 1 aromatic rings. The van der Waals surface area contributed by atoms with E-state index in [0.717, 1.165) is 51.5 Å². The number of amides is 2. The van der Waals surface area contributed by atoms with E-state index >= 15 is 0 Å². The Kier molecular flexibility index (Phi) is 5.44. The molecule has 1 aliphatic heterocycles. The zero-order valence-electron chi connectivity index (χ0n) is 13.1. The first-order valence-corrected chi connectivity index (χ1v) is 7.74. The number of piperazine rings is 1. The normalized spacial score (nSPS) is 16.0. The number of rotatable bonds is 4. The Morgan fingerprint density at radius 3 is 2.43 bits per heavy atom. The average Bonchev–Trinajstić information content (AvgIpc) is 2.49. The number of anilines is 1. The summed E-state index contributed by atoms with van der Waals surface area (Å²) >= 11 is 0. The predicted octanol–water partition coefficient (Wildman–Crippen LogP) is 1.85. The molecule has 0 spiro atoms. The number of hydrogen-bond acceptors (Lipinski definition) is 3. The molecule has 1 aromatic carbocycles. The third-order valence-corrected chi connectivity index (χ3v) is 4.03. The standard InChI is InChI=1S/C16H26N4O/c1-3-19(4-2)16(21)20-10-8-18(9-11-20)13-14-6-5-7-15(17)12-14/h5-7,12H,3-4,8-11,13,17H2,1-2H3. The smallest absolute Gasteiger partial charge is 0.320 e. The van der Waals surface area contributed by atoms with Gasteiger partial charge >= 0.3 is 6.03 Å². The van der Waals surface area contributed by atoms with Crippen molar-refractivity contribution in [2.75, 3.05) is 45.0 Å². The zero-order chi connectivity index (χ0) is 15.2. The Labute approximate surface area is 127 Å². The maximum absolute atomic E-state index is 12.3. The van der Waals surface area contributed by atoms with Crippen molar-refractivity contribution in [3.8, 4) is 0 Å². The van der Waals surface area contributed by atoms with Crippen molar-refractivity contribution in [3.05, 3.63) is 29.8 Å². The molecule has 1 fully saturated rings. The Morgan fingerprint density at radius 1 is 1.19 bits per heavy atom. The fourth-order valence-corrected chi connectivity index (χ4v) is 2.74. The van der Waals surface area contributed by atoms with Crippen LogP contribution in [-0.2, 0) is 6.54 Å². The van der Waals surface area contributed by atoms with Gasteiger partial charge in [0, 0.05) is 51.5 Å². The van der Waals surface area contributed by atoms with Gasteiger partial charge in [-0.15, -0.1) is 0 Å². The molecule has 0 radical (unpaired) electrons. The largest absolute Gasteiger partial charge is 0.399 e. The van der Waals surface area contributed by atoms with Gasteiger partial charge in [-0.3, -0.25) is 4.90 Å². The van der Waals surface area contributed by atoms with Gasteiger partial charge in [0.1, 0.15) is 0 Å². The fourth-order valence-electron chi connectivity index (χ4n) is 2.74. The van der Waals surface area contributed by atoms with E-state index in [1.807, 2.05) is 41.8 Å². The van der Waals surface area contributed by atoms with E-state index < -0.39 is 0 Å². The van der Waals surface area contributed by atoms with Crippen LogP contribution in [0, 0.1) is 0 Å². The van der Waals surface area contributed by atoms with Crippen LogP contribution >= 0.6 is 0 Å². The molecule has 5 nitrogen and oxygen atoms in total. The van der Waals surface area contributed by atoms with Gasteiger partial charge in [0.25, 0.3) is 0 Å². The lowest BCUT2D eigenvalue weighted by atomic mass is 10.2. The van der Waals surface area contributed by atoms with Crippen LogP contribution in [0.3, 0.4) is 0 Å². The lowest BCUT2D eigenvalue weighted by Gasteiger charge is -2.37. The molecule has 2 rings (SSSR count). The first-order valence-electron chi connectivity index (χ1n) is 7.74. The minimum Gasteiger partial charge on any atom is -0.399 e. The molecule has 0 aliphatic carbocycles. The summed E-state index contributed by atoms with van der Waals surface area (Å²) in [5.41, 5.74) is 7.86. The van der Waals surface area contributed by atoms with Crippen molar-refractivity contribution in [2.24, 2.45) is 0 Å². The Hall–Kier alpha value is -1.75. The zero-order valence-corrected chi connectivity index (χ0v) is 13.1. The molecule has 5 heteroatoms. The SMILES string of the molecule is CCN(CC)C(=O)N1CCN(Cc2cccc(N)c2)CC1. The molecule has 2 amide bonds. The fraction of sp³-hybridized carbons (Fsp3) is 0.562. The Bertz CT molecular complexity index is 465. The van der Waals surface area contributed by atoms with Gasteiger partial charge in [-0.25, -0.2) is 4.79 Å².